The smallest absolute Gasteiger partial charge is 0.248 e. The van der Waals surface area contributed by atoms with Crippen molar-refractivity contribution < 1.29 is 9.59 Å². The Morgan fingerprint density at radius 1 is 1.20 bits per heavy atom. The minimum Gasteiger partial charge on any atom is -0.369 e. The summed E-state index contributed by atoms with van der Waals surface area (Å²) in [5.41, 5.74) is 12.4. The monoisotopic (exact) mass is 275 g/mol. The topological polar surface area (TPSA) is 89.4 Å². The highest BCUT2D eigenvalue weighted by molar-refractivity contribution is 5.92. The molecule has 1 aromatic carbocycles. The molecular formula is C15H21N3O2. The van der Waals surface area contributed by atoms with Gasteiger partial charge < -0.3 is 11.5 Å². The average molecular weight is 275 g/mol. The van der Waals surface area contributed by atoms with Gasteiger partial charge in [-0.25, -0.2) is 0 Å². The Kier molecular flexibility index (Phi) is 4.09. The lowest BCUT2D eigenvalue weighted by Gasteiger charge is -2.20. The third-order valence-electron chi connectivity index (χ3n) is 4.03. The van der Waals surface area contributed by atoms with E-state index in [4.69, 9.17) is 11.5 Å². The van der Waals surface area contributed by atoms with Gasteiger partial charge in [-0.05, 0) is 56.0 Å². The van der Waals surface area contributed by atoms with E-state index >= 15 is 0 Å². The number of primary amides is 2. The van der Waals surface area contributed by atoms with E-state index in [1.54, 1.807) is 12.1 Å². The van der Waals surface area contributed by atoms with Crippen LogP contribution in [0, 0.1) is 0 Å². The minimum atomic E-state index is -0.400. The van der Waals surface area contributed by atoms with Crippen LogP contribution in [0.1, 0.15) is 35.2 Å². The molecular weight excluding hydrogens is 254 g/mol. The first-order chi connectivity index (χ1) is 9.43. The van der Waals surface area contributed by atoms with Crippen molar-refractivity contribution in [3.05, 3.63) is 35.4 Å². The van der Waals surface area contributed by atoms with E-state index in [1.807, 2.05) is 24.1 Å². The molecule has 0 bridgehead atoms. The van der Waals surface area contributed by atoms with E-state index in [0.29, 0.717) is 5.56 Å². The lowest BCUT2D eigenvalue weighted by molar-refractivity contribution is -0.118. The predicted molar refractivity (Wildman–Crippen MR) is 77.2 cm³/mol. The van der Waals surface area contributed by atoms with Gasteiger partial charge in [-0.2, -0.15) is 0 Å². The fourth-order valence-corrected chi connectivity index (χ4v) is 2.57. The number of carbonyl (C=O) groups excluding carboxylic acids is 2. The van der Waals surface area contributed by atoms with Gasteiger partial charge in [0, 0.05) is 5.56 Å². The first-order valence-corrected chi connectivity index (χ1v) is 6.80. The van der Waals surface area contributed by atoms with Crippen LogP contribution in [0.15, 0.2) is 24.3 Å². The maximum Gasteiger partial charge on any atom is 0.248 e. The summed E-state index contributed by atoms with van der Waals surface area (Å²) in [6, 6.07) is 7.54. The zero-order valence-electron chi connectivity index (χ0n) is 11.8. The van der Waals surface area contributed by atoms with Gasteiger partial charge in [-0.1, -0.05) is 12.1 Å². The second-order valence-corrected chi connectivity index (χ2v) is 5.68. The molecule has 5 heteroatoms. The SMILES string of the molecule is CN(CCC1(c2ccc(C(N)=O)cc2)CC1)CC(N)=O. The number of likely N-dealkylation sites (N-methyl/N-ethyl adjacent to an activating group) is 1. The molecule has 5 nitrogen and oxygen atoms in total. The van der Waals surface area contributed by atoms with Crippen LogP contribution in [0.2, 0.25) is 0 Å². The van der Waals surface area contributed by atoms with Gasteiger partial charge >= 0.3 is 0 Å². The van der Waals surface area contributed by atoms with E-state index in [-0.39, 0.29) is 17.9 Å². The summed E-state index contributed by atoms with van der Waals surface area (Å²) in [5.74, 6) is -0.703. The normalized spacial score (nSPS) is 16.1. The molecule has 0 atom stereocenters. The van der Waals surface area contributed by atoms with Gasteiger partial charge in [0.2, 0.25) is 11.8 Å². The van der Waals surface area contributed by atoms with Crippen LogP contribution in [0.3, 0.4) is 0 Å². The molecule has 1 aliphatic rings. The highest BCUT2D eigenvalue weighted by atomic mass is 16.1. The Balaban J connectivity index is 1.97. The molecule has 0 aromatic heterocycles. The number of hydrogen-bond acceptors (Lipinski definition) is 3. The molecule has 0 radical (unpaired) electrons. The summed E-state index contributed by atoms with van der Waals surface area (Å²) in [6.07, 6.45) is 3.29. The molecule has 4 N–H and O–H groups in total. The number of nitrogens with zero attached hydrogens (tertiary/aromatic N) is 1. The lowest BCUT2D eigenvalue weighted by atomic mass is 9.91. The summed E-state index contributed by atoms with van der Waals surface area (Å²) in [6.45, 7) is 1.12. The van der Waals surface area contributed by atoms with Crippen molar-refractivity contribution in [3.63, 3.8) is 0 Å². The van der Waals surface area contributed by atoms with Crippen LogP contribution in [-0.4, -0.2) is 36.9 Å². The Bertz CT molecular complexity index is 506. The summed E-state index contributed by atoms with van der Waals surface area (Å²) in [5, 5.41) is 0. The van der Waals surface area contributed by atoms with Crippen molar-refractivity contribution >= 4 is 11.8 Å². The van der Waals surface area contributed by atoms with Crippen molar-refractivity contribution in [2.24, 2.45) is 11.5 Å². The lowest BCUT2D eigenvalue weighted by Crippen LogP contribution is -2.32. The molecule has 1 saturated carbocycles. The van der Waals surface area contributed by atoms with E-state index in [2.05, 4.69) is 0 Å². The van der Waals surface area contributed by atoms with Gasteiger partial charge in [0.05, 0.1) is 6.54 Å². The van der Waals surface area contributed by atoms with Gasteiger partial charge in [-0.15, -0.1) is 0 Å². The molecule has 1 fully saturated rings. The van der Waals surface area contributed by atoms with Crippen LogP contribution in [-0.2, 0) is 10.2 Å². The summed E-state index contributed by atoms with van der Waals surface area (Å²) in [7, 11) is 1.90. The Labute approximate surface area is 118 Å². The van der Waals surface area contributed by atoms with Crippen molar-refractivity contribution in [3.8, 4) is 0 Å². The van der Waals surface area contributed by atoms with Crippen LogP contribution in [0.5, 0.6) is 0 Å². The number of nitrogens with two attached hydrogens (primary N) is 2. The van der Waals surface area contributed by atoms with E-state index in [9.17, 15) is 9.59 Å². The standard InChI is InChI=1S/C15H21N3O2/c1-18(10-13(16)19)9-8-15(6-7-15)12-4-2-11(3-5-12)14(17)20/h2-5H,6-10H2,1H3,(H2,16,19)(H2,17,20). The number of amides is 2. The molecule has 2 rings (SSSR count). The fraction of sp³-hybridized carbons (Fsp3) is 0.467. The van der Waals surface area contributed by atoms with Crippen molar-refractivity contribution in [1.29, 1.82) is 0 Å². The van der Waals surface area contributed by atoms with Gasteiger partial charge in [0.1, 0.15) is 0 Å². The number of rotatable bonds is 7. The molecule has 1 aromatic rings. The van der Waals surface area contributed by atoms with Crippen LogP contribution < -0.4 is 11.5 Å². The molecule has 0 heterocycles. The first kappa shape index (κ1) is 14.5. The Morgan fingerprint density at radius 2 is 1.80 bits per heavy atom. The van der Waals surface area contributed by atoms with Crippen molar-refractivity contribution in [2.45, 2.75) is 24.7 Å². The van der Waals surface area contributed by atoms with Gasteiger partial charge in [0.25, 0.3) is 0 Å². The summed E-state index contributed by atoms with van der Waals surface area (Å²) >= 11 is 0. The van der Waals surface area contributed by atoms with Gasteiger partial charge in [0.15, 0.2) is 0 Å². The molecule has 1 aliphatic carbocycles. The number of hydrogen-bond donors (Lipinski definition) is 2. The number of benzene rings is 1. The second-order valence-electron chi connectivity index (χ2n) is 5.68. The highest BCUT2D eigenvalue weighted by Crippen LogP contribution is 2.51. The van der Waals surface area contributed by atoms with Gasteiger partial charge in [-0.3, -0.25) is 14.5 Å². The molecule has 2 amide bonds. The second kappa shape index (κ2) is 5.63. The van der Waals surface area contributed by atoms with Crippen LogP contribution in [0.4, 0.5) is 0 Å². The van der Waals surface area contributed by atoms with Crippen LogP contribution >= 0.6 is 0 Å². The quantitative estimate of drug-likeness (QED) is 0.764. The van der Waals surface area contributed by atoms with E-state index in [0.717, 1.165) is 25.8 Å². The molecule has 108 valence electrons. The molecule has 0 spiro atoms. The zero-order chi connectivity index (χ0) is 14.8. The molecule has 0 saturated heterocycles. The third kappa shape index (κ3) is 3.36. The molecule has 0 aliphatic heterocycles. The van der Waals surface area contributed by atoms with Crippen molar-refractivity contribution in [1.82, 2.24) is 4.90 Å². The van der Waals surface area contributed by atoms with Crippen molar-refractivity contribution in [2.75, 3.05) is 20.1 Å². The number of carbonyl (C=O) groups is 2. The molecule has 20 heavy (non-hydrogen) atoms. The molecule has 0 unspecified atom stereocenters. The minimum absolute atomic E-state index is 0.197. The maximum atomic E-state index is 11.1. The third-order valence-corrected chi connectivity index (χ3v) is 4.03. The van der Waals surface area contributed by atoms with E-state index < -0.39 is 5.91 Å². The maximum absolute atomic E-state index is 11.1. The Hall–Kier alpha value is -1.88. The van der Waals surface area contributed by atoms with Crippen LogP contribution in [0.25, 0.3) is 0 Å². The van der Waals surface area contributed by atoms with E-state index in [1.165, 1.54) is 5.56 Å². The summed E-state index contributed by atoms with van der Waals surface area (Å²) in [4.78, 5) is 23.9. The Morgan fingerprint density at radius 3 is 2.25 bits per heavy atom. The fourth-order valence-electron chi connectivity index (χ4n) is 2.57. The highest BCUT2D eigenvalue weighted by Gasteiger charge is 2.43. The average Bonchev–Trinajstić information content (AvgIpc) is 3.17. The largest absolute Gasteiger partial charge is 0.369 e. The predicted octanol–water partition coefficient (Wildman–Crippen LogP) is 0.624. The summed E-state index contributed by atoms with van der Waals surface area (Å²) < 4.78 is 0. The zero-order valence-corrected chi connectivity index (χ0v) is 11.8. The first-order valence-electron chi connectivity index (χ1n) is 6.80.